The van der Waals surface area contributed by atoms with Gasteiger partial charge in [0.1, 0.15) is 0 Å². The van der Waals surface area contributed by atoms with Crippen molar-refractivity contribution in [3.63, 3.8) is 0 Å². The lowest BCUT2D eigenvalue weighted by Gasteiger charge is -2.13. The summed E-state index contributed by atoms with van der Waals surface area (Å²) < 4.78 is 0. The molecule has 3 aromatic rings. The number of rotatable bonds is 9. The molecule has 0 fully saturated rings. The quantitative estimate of drug-likeness (QED) is 0.390. The molecule has 0 saturated carbocycles. The van der Waals surface area contributed by atoms with Crippen LogP contribution in [0.25, 0.3) is 0 Å². The van der Waals surface area contributed by atoms with Crippen LogP contribution in [0.4, 0.5) is 17.1 Å². The molecular formula is C26H28N4O3. The zero-order valence-electron chi connectivity index (χ0n) is 18.7. The summed E-state index contributed by atoms with van der Waals surface area (Å²) in [6, 6.07) is 23.0. The molecule has 0 saturated heterocycles. The van der Waals surface area contributed by atoms with E-state index in [2.05, 4.69) is 21.3 Å². The zero-order valence-corrected chi connectivity index (χ0v) is 18.7. The van der Waals surface area contributed by atoms with E-state index in [9.17, 15) is 14.4 Å². The van der Waals surface area contributed by atoms with Gasteiger partial charge in [0.05, 0.1) is 6.54 Å². The van der Waals surface area contributed by atoms with Crippen LogP contribution in [0.15, 0.2) is 78.9 Å². The van der Waals surface area contributed by atoms with Gasteiger partial charge >= 0.3 is 0 Å². The lowest BCUT2D eigenvalue weighted by Crippen LogP contribution is -2.31. The third kappa shape index (κ3) is 7.21. The second kappa shape index (κ2) is 11.5. The topological polar surface area (TPSA) is 99.3 Å². The van der Waals surface area contributed by atoms with E-state index in [0.29, 0.717) is 28.2 Å². The predicted octanol–water partition coefficient (Wildman–Crippen LogP) is 4.52. The number of benzene rings is 3. The first-order valence-corrected chi connectivity index (χ1v) is 10.9. The summed E-state index contributed by atoms with van der Waals surface area (Å²) in [5.41, 5.74) is 2.90. The molecular weight excluding hydrogens is 416 g/mol. The zero-order chi connectivity index (χ0) is 23.6. The van der Waals surface area contributed by atoms with E-state index < -0.39 is 0 Å². The Hall–Kier alpha value is -4.13. The summed E-state index contributed by atoms with van der Waals surface area (Å²) in [5, 5.41) is 11.6. The van der Waals surface area contributed by atoms with Gasteiger partial charge in [0, 0.05) is 34.2 Å². The van der Waals surface area contributed by atoms with Crippen molar-refractivity contribution >= 4 is 34.8 Å². The molecule has 0 radical (unpaired) electrons. The molecule has 7 heteroatoms. The van der Waals surface area contributed by atoms with Crippen molar-refractivity contribution in [1.29, 1.82) is 0 Å². The maximum absolute atomic E-state index is 12.4. The summed E-state index contributed by atoms with van der Waals surface area (Å²) in [6.07, 6.45) is 0.848. The van der Waals surface area contributed by atoms with Crippen molar-refractivity contribution in [3.05, 3.63) is 90.0 Å². The maximum Gasteiger partial charge on any atom is 0.255 e. The average Bonchev–Trinajstić information content (AvgIpc) is 2.83. The van der Waals surface area contributed by atoms with E-state index in [1.165, 1.54) is 0 Å². The van der Waals surface area contributed by atoms with E-state index in [-0.39, 0.29) is 30.3 Å². The Bertz CT molecular complexity index is 1120. The van der Waals surface area contributed by atoms with Gasteiger partial charge in [-0.05, 0) is 61.9 Å². The maximum atomic E-state index is 12.4. The summed E-state index contributed by atoms with van der Waals surface area (Å²) >= 11 is 0. The monoisotopic (exact) mass is 444 g/mol. The van der Waals surface area contributed by atoms with Gasteiger partial charge in [-0.25, -0.2) is 0 Å². The molecule has 0 bridgehead atoms. The van der Waals surface area contributed by atoms with Crippen LogP contribution < -0.4 is 21.3 Å². The second-order valence-electron chi connectivity index (χ2n) is 7.67. The Morgan fingerprint density at radius 2 is 1.36 bits per heavy atom. The molecule has 0 spiro atoms. The molecule has 0 aliphatic heterocycles. The molecule has 33 heavy (non-hydrogen) atoms. The van der Waals surface area contributed by atoms with Gasteiger partial charge in [-0.2, -0.15) is 0 Å². The third-order valence-electron chi connectivity index (χ3n) is 5.01. The van der Waals surface area contributed by atoms with Gasteiger partial charge in [0.2, 0.25) is 5.91 Å². The van der Waals surface area contributed by atoms with Gasteiger partial charge in [-0.3, -0.25) is 14.4 Å². The number of amides is 3. The van der Waals surface area contributed by atoms with E-state index >= 15 is 0 Å². The number of nitrogens with one attached hydrogen (secondary N) is 4. The number of carbonyl (C=O) groups is 3. The van der Waals surface area contributed by atoms with Gasteiger partial charge in [-0.1, -0.05) is 37.3 Å². The van der Waals surface area contributed by atoms with E-state index in [4.69, 9.17) is 0 Å². The summed E-state index contributed by atoms with van der Waals surface area (Å²) in [7, 11) is 0. The minimum Gasteiger partial charge on any atom is -0.376 e. The van der Waals surface area contributed by atoms with Crippen molar-refractivity contribution in [2.24, 2.45) is 0 Å². The molecule has 0 aliphatic carbocycles. The van der Waals surface area contributed by atoms with Crippen LogP contribution in [-0.2, 0) is 4.79 Å². The van der Waals surface area contributed by atoms with Crippen LogP contribution in [0.2, 0.25) is 0 Å². The fraction of sp³-hybridized carbons (Fsp3) is 0.192. The van der Waals surface area contributed by atoms with E-state index in [0.717, 1.165) is 6.42 Å². The SMILES string of the molecule is CCC(C)NC(=O)c1cccc(NCC(=O)Nc2cccc(NC(=O)c3ccccc3)c2)c1. The lowest BCUT2D eigenvalue weighted by molar-refractivity contribution is -0.114. The number of carbonyl (C=O) groups excluding carboxylic acids is 3. The molecule has 3 amide bonds. The Balaban J connectivity index is 1.54. The highest BCUT2D eigenvalue weighted by Gasteiger charge is 2.10. The van der Waals surface area contributed by atoms with Gasteiger partial charge in [0.25, 0.3) is 11.8 Å². The molecule has 0 aromatic heterocycles. The molecule has 170 valence electrons. The molecule has 1 atom stereocenters. The van der Waals surface area contributed by atoms with Crippen LogP contribution in [0.5, 0.6) is 0 Å². The number of anilines is 3. The highest BCUT2D eigenvalue weighted by Crippen LogP contribution is 2.16. The summed E-state index contributed by atoms with van der Waals surface area (Å²) in [6.45, 7) is 3.98. The van der Waals surface area contributed by atoms with Gasteiger partial charge in [0.15, 0.2) is 0 Å². The second-order valence-corrected chi connectivity index (χ2v) is 7.67. The molecule has 4 N–H and O–H groups in total. The highest BCUT2D eigenvalue weighted by molar-refractivity contribution is 6.04. The van der Waals surface area contributed by atoms with Gasteiger partial charge < -0.3 is 21.3 Å². The van der Waals surface area contributed by atoms with Crippen LogP contribution in [0, 0.1) is 0 Å². The molecule has 0 heterocycles. The standard InChI is InChI=1S/C26H28N4O3/c1-3-18(2)28-26(33)20-11-7-12-21(15-20)27-17-24(31)29-22-13-8-14-23(16-22)30-25(32)19-9-5-4-6-10-19/h4-16,18,27H,3,17H2,1-2H3,(H,28,33)(H,29,31)(H,30,32). The number of hydrogen-bond acceptors (Lipinski definition) is 4. The minimum atomic E-state index is -0.254. The van der Waals surface area contributed by atoms with Crippen LogP contribution in [0.3, 0.4) is 0 Å². The average molecular weight is 445 g/mol. The van der Waals surface area contributed by atoms with Crippen molar-refractivity contribution < 1.29 is 14.4 Å². The fourth-order valence-corrected chi connectivity index (χ4v) is 3.03. The largest absolute Gasteiger partial charge is 0.376 e. The minimum absolute atomic E-state index is 0.0248. The summed E-state index contributed by atoms with van der Waals surface area (Å²) in [4.78, 5) is 37.0. The first-order chi connectivity index (χ1) is 15.9. The molecule has 1 unspecified atom stereocenters. The van der Waals surface area contributed by atoms with Crippen LogP contribution in [-0.4, -0.2) is 30.3 Å². The Morgan fingerprint density at radius 3 is 2.09 bits per heavy atom. The molecule has 7 nitrogen and oxygen atoms in total. The molecule has 0 aliphatic rings. The van der Waals surface area contributed by atoms with E-state index in [1.807, 2.05) is 19.9 Å². The lowest BCUT2D eigenvalue weighted by atomic mass is 10.1. The smallest absolute Gasteiger partial charge is 0.255 e. The van der Waals surface area contributed by atoms with Crippen molar-refractivity contribution in [1.82, 2.24) is 5.32 Å². The first kappa shape index (κ1) is 23.5. The van der Waals surface area contributed by atoms with Crippen molar-refractivity contribution in [3.8, 4) is 0 Å². The third-order valence-corrected chi connectivity index (χ3v) is 5.01. The van der Waals surface area contributed by atoms with Crippen LogP contribution >= 0.6 is 0 Å². The molecule has 3 rings (SSSR count). The summed E-state index contributed by atoms with van der Waals surface area (Å²) in [5.74, 6) is -0.624. The van der Waals surface area contributed by atoms with Gasteiger partial charge in [-0.15, -0.1) is 0 Å². The van der Waals surface area contributed by atoms with Crippen molar-refractivity contribution in [2.75, 3.05) is 22.5 Å². The number of hydrogen-bond donors (Lipinski definition) is 4. The highest BCUT2D eigenvalue weighted by atomic mass is 16.2. The Labute approximate surface area is 193 Å². The Morgan fingerprint density at radius 1 is 0.727 bits per heavy atom. The normalized spacial score (nSPS) is 11.2. The Kier molecular flexibility index (Phi) is 8.18. The van der Waals surface area contributed by atoms with E-state index in [1.54, 1.807) is 72.8 Å². The molecule has 3 aromatic carbocycles. The van der Waals surface area contributed by atoms with Crippen LogP contribution in [0.1, 0.15) is 41.0 Å². The van der Waals surface area contributed by atoms with Crippen molar-refractivity contribution in [2.45, 2.75) is 26.3 Å². The predicted molar refractivity (Wildman–Crippen MR) is 132 cm³/mol. The fourth-order valence-electron chi connectivity index (χ4n) is 3.03. The first-order valence-electron chi connectivity index (χ1n) is 10.9.